The molecule has 4 nitrogen and oxygen atoms in total. The van der Waals surface area contributed by atoms with Crippen LogP contribution in [0.2, 0.25) is 0 Å². The predicted octanol–water partition coefficient (Wildman–Crippen LogP) is 3.51. The van der Waals surface area contributed by atoms with Crippen molar-refractivity contribution in [3.63, 3.8) is 0 Å². The van der Waals surface area contributed by atoms with E-state index in [0.717, 1.165) is 30.4 Å². The molecule has 1 aromatic heterocycles. The molecule has 0 fully saturated rings. The van der Waals surface area contributed by atoms with Gasteiger partial charge in [0.05, 0.1) is 11.0 Å². The summed E-state index contributed by atoms with van der Waals surface area (Å²) in [5, 5.41) is 3.66. The molecule has 0 spiro atoms. The van der Waals surface area contributed by atoms with Crippen LogP contribution in [-0.2, 0) is 20.6 Å². The van der Waals surface area contributed by atoms with E-state index >= 15 is 0 Å². The molecule has 0 saturated heterocycles. The molecule has 4 heteroatoms. The minimum absolute atomic E-state index is 0.0169. The minimum atomic E-state index is 0.0169. The molecule has 0 amide bonds. The lowest BCUT2D eigenvalue weighted by Gasteiger charge is -2.19. The highest BCUT2D eigenvalue weighted by Crippen LogP contribution is 2.20. The Morgan fingerprint density at radius 2 is 1.71 bits per heavy atom. The van der Waals surface area contributed by atoms with Crippen LogP contribution < -0.4 is 11.0 Å². The van der Waals surface area contributed by atoms with Crippen molar-refractivity contribution >= 4 is 11.0 Å². The maximum atomic E-state index is 12.0. The van der Waals surface area contributed by atoms with Gasteiger partial charge in [0.25, 0.3) is 0 Å². The molecule has 1 N–H and O–H groups in total. The van der Waals surface area contributed by atoms with Crippen molar-refractivity contribution in [3.05, 3.63) is 70.1 Å². The van der Waals surface area contributed by atoms with Gasteiger partial charge in [-0.25, -0.2) is 4.79 Å². The van der Waals surface area contributed by atoms with E-state index in [1.54, 1.807) is 9.13 Å². The SMILES string of the molecule is CCC[C@@H](NCc1ccc2c(c1)n(C)c(=O)n2C)c1ccccc1. The number of benzene rings is 2. The first-order chi connectivity index (χ1) is 11.6. The molecule has 0 aliphatic heterocycles. The van der Waals surface area contributed by atoms with Crippen molar-refractivity contribution in [2.45, 2.75) is 32.4 Å². The number of nitrogens with one attached hydrogen (secondary N) is 1. The summed E-state index contributed by atoms with van der Waals surface area (Å²) in [6.07, 6.45) is 2.24. The Bertz CT molecular complexity index is 877. The van der Waals surface area contributed by atoms with Crippen molar-refractivity contribution in [1.82, 2.24) is 14.5 Å². The Morgan fingerprint density at radius 1 is 1.00 bits per heavy atom. The fourth-order valence-corrected chi connectivity index (χ4v) is 3.26. The summed E-state index contributed by atoms with van der Waals surface area (Å²) in [5.74, 6) is 0. The molecule has 126 valence electrons. The van der Waals surface area contributed by atoms with Crippen molar-refractivity contribution in [3.8, 4) is 0 Å². The highest BCUT2D eigenvalue weighted by Gasteiger charge is 2.11. The number of fused-ring (bicyclic) bond motifs is 1. The molecule has 0 aliphatic carbocycles. The lowest BCUT2D eigenvalue weighted by atomic mass is 10.0. The lowest BCUT2D eigenvalue weighted by molar-refractivity contribution is 0.493. The van der Waals surface area contributed by atoms with Gasteiger partial charge in [0.1, 0.15) is 0 Å². The van der Waals surface area contributed by atoms with Crippen LogP contribution in [0, 0.1) is 0 Å². The molecular weight excluding hydrogens is 298 g/mol. The molecule has 1 atom stereocenters. The van der Waals surface area contributed by atoms with Gasteiger partial charge >= 0.3 is 5.69 Å². The summed E-state index contributed by atoms with van der Waals surface area (Å²) in [6, 6.07) is 17.2. The minimum Gasteiger partial charge on any atom is -0.306 e. The number of nitrogens with zero attached hydrogens (tertiary/aromatic N) is 2. The molecular formula is C20H25N3O. The molecule has 3 aromatic rings. The van der Waals surface area contributed by atoms with Gasteiger partial charge in [-0.3, -0.25) is 9.13 Å². The van der Waals surface area contributed by atoms with E-state index in [9.17, 15) is 4.79 Å². The van der Waals surface area contributed by atoms with Crippen LogP contribution in [0.3, 0.4) is 0 Å². The van der Waals surface area contributed by atoms with E-state index in [1.165, 1.54) is 11.1 Å². The number of hydrogen-bond donors (Lipinski definition) is 1. The maximum absolute atomic E-state index is 12.0. The first kappa shape index (κ1) is 16.5. The van der Waals surface area contributed by atoms with Gasteiger partial charge in [-0.05, 0) is 29.7 Å². The van der Waals surface area contributed by atoms with Crippen LogP contribution in [0.4, 0.5) is 0 Å². The van der Waals surface area contributed by atoms with Crippen LogP contribution in [-0.4, -0.2) is 9.13 Å². The second-order valence-corrected chi connectivity index (χ2v) is 6.36. The van der Waals surface area contributed by atoms with Crippen LogP contribution in [0.1, 0.15) is 36.9 Å². The number of rotatable bonds is 6. The Hall–Kier alpha value is -2.33. The van der Waals surface area contributed by atoms with Crippen molar-refractivity contribution < 1.29 is 0 Å². The summed E-state index contributed by atoms with van der Waals surface area (Å²) in [5.41, 5.74) is 4.49. The van der Waals surface area contributed by atoms with Gasteiger partial charge in [-0.2, -0.15) is 0 Å². The Morgan fingerprint density at radius 3 is 2.42 bits per heavy atom. The molecule has 24 heavy (non-hydrogen) atoms. The molecule has 0 bridgehead atoms. The molecule has 0 unspecified atom stereocenters. The Kier molecular flexibility index (Phi) is 4.86. The number of imidazole rings is 1. The zero-order valence-corrected chi connectivity index (χ0v) is 14.6. The zero-order valence-electron chi connectivity index (χ0n) is 14.6. The average Bonchev–Trinajstić information content (AvgIpc) is 2.83. The number of aromatic nitrogens is 2. The topological polar surface area (TPSA) is 39.0 Å². The van der Waals surface area contributed by atoms with E-state index in [1.807, 2.05) is 20.2 Å². The summed E-state index contributed by atoms with van der Waals surface area (Å²) in [7, 11) is 3.64. The van der Waals surface area contributed by atoms with E-state index in [4.69, 9.17) is 0 Å². The third-order valence-corrected chi connectivity index (χ3v) is 4.67. The molecule has 0 saturated carbocycles. The van der Waals surface area contributed by atoms with Gasteiger partial charge in [0.2, 0.25) is 0 Å². The van der Waals surface area contributed by atoms with E-state index in [-0.39, 0.29) is 5.69 Å². The molecule has 1 heterocycles. The highest BCUT2D eigenvalue weighted by atomic mass is 16.1. The molecule has 2 aromatic carbocycles. The molecule has 0 aliphatic rings. The zero-order chi connectivity index (χ0) is 17.1. The van der Waals surface area contributed by atoms with Gasteiger partial charge < -0.3 is 5.32 Å². The second-order valence-electron chi connectivity index (χ2n) is 6.36. The second kappa shape index (κ2) is 7.05. The van der Waals surface area contributed by atoms with Gasteiger partial charge in [-0.15, -0.1) is 0 Å². The first-order valence-corrected chi connectivity index (χ1v) is 8.54. The standard InChI is InChI=1S/C20H25N3O/c1-4-8-17(16-9-6-5-7-10-16)21-14-15-11-12-18-19(13-15)23(3)20(24)22(18)2/h5-7,9-13,17,21H,4,8,14H2,1-3H3/t17-/m1/s1. The summed E-state index contributed by atoms with van der Waals surface area (Å²) in [4.78, 5) is 12.0. The van der Waals surface area contributed by atoms with Crippen molar-refractivity contribution in [2.24, 2.45) is 14.1 Å². The third-order valence-electron chi connectivity index (χ3n) is 4.67. The van der Waals surface area contributed by atoms with E-state index in [2.05, 4.69) is 54.7 Å². The Labute approximate surface area is 142 Å². The average molecular weight is 323 g/mol. The first-order valence-electron chi connectivity index (χ1n) is 8.54. The van der Waals surface area contributed by atoms with Crippen LogP contribution >= 0.6 is 0 Å². The van der Waals surface area contributed by atoms with Gasteiger partial charge in [0.15, 0.2) is 0 Å². The van der Waals surface area contributed by atoms with E-state index in [0.29, 0.717) is 6.04 Å². The van der Waals surface area contributed by atoms with Gasteiger partial charge in [-0.1, -0.05) is 49.7 Å². The number of hydrogen-bond acceptors (Lipinski definition) is 2. The molecule has 0 radical (unpaired) electrons. The van der Waals surface area contributed by atoms with Gasteiger partial charge in [0, 0.05) is 26.7 Å². The van der Waals surface area contributed by atoms with Crippen LogP contribution in [0.15, 0.2) is 53.3 Å². The predicted molar refractivity (Wildman–Crippen MR) is 99.1 cm³/mol. The van der Waals surface area contributed by atoms with Crippen LogP contribution in [0.25, 0.3) is 11.0 Å². The van der Waals surface area contributed by atoms with Crippen LogP contribution in [0.5, 0.6) is 0 Å². The van der Waals surface area contributed by atoms with E-state index < -0.39 is 0 Å². The normalized spacial score (nSPS) is 12.6. The highest BCUT2D eigenvalue weighted by molar-refractivity contribution is 5.76. The monoisotopic (exact) mass is 323 g/mol. The Balaban J connectivity index is 1.81. The number of aryl methyl sites for hydroxylation is 2. The maximum Gasteiger partial charge on any atom is 0.328 e. The molecule has 3 rings (SSSR count). The summed E-state index contributed by atoms with van der Waals surface area (Å²) in [6.45, 7) is 3.00. The fourth-order valence-electron chi connectivity index (χ4n) is 3.26. The summed E-state index contributed by atoms with van der Waals surface area (Å²) >= 11 is 0. The quantitative estimate of drug-likeness (QED) is 0.754. The third kappa shape index (κ3) is 3.15. The fraction of sp³-hybridized carbons (Fsp3) is 0.350. The lowest BCUT2D eigenvalue weighted by Crippen LogP contribution is -2.20. The summed E-state index contributed by atoms with van der Waals surface area (Å²) < 4.78 is 3.40. The smallest absolute Gasteiger partial charge is 0.306 e. The van der Waals surface area contributed by atoms with Crippen molar-refractivity contribution in [1.29, 1.82) is 0 Å². The largest absolute Gasteiger partial charge is 0.328 e. The van der Waals surface area contributed by atoms with Crippen molar-refractivity contribution in [2.75, 3.05) is 0 Å².